The molecular weight excluding hydrogens is 207 g/mol. The van der Waals surface area contributed by atoms with Gasteiger partial charge in [0.25, 0.3) is 0 Å². The van der Waals surface area contributed by atoms with Crippen LogP contribution in [0.15, 0.2) is 18.2 Å². The van der Waals surface area contributed by atoms with Crippen LogP contribution in [0.5, 0.6) is 0 Å². The summed E-state index contributed by atoms with van der Waals surface area (Å²) in [5.74, 6) is -0.422. The maximum absolute atomic E-state index is 12.9. The lowest BCUT2D eigenvalue weighted by Gasteiger charge is -2.08. The molecule has 16 heavy (non-hydrogen) atoms. The molecule has 3 nitrogen and oxygen atoms in total. The summed E-state index contributed by atoms with van der Waals surface area (Å²) in [5.41, 5.74) is 6.17. The zero-order chi connectivity index (χ0) is 12.4. The first-order valence-electron chi connectivity index (χ1n) is 5.56. The number of rotatable bonds is 4. The fourth-order valence-electron chi connectivity index (χ4n) is 0.993. The standard InChI is InChI=1S/C9H13FN2O.C3H8/c10-7-3-1-4-8(9(7)11)12-5-2-6-13;1-3-2/h1,3-4,12-13H,2,5-6,11H2;3H2,1-2H3. The maximum Gasteiger partial charge on any atom is 0.148 e. The number of anilines is 2. The Bertz CT molecular complexity index is 292. The molecule has 92 valence electrons. The number of nitrogen functional groups attached to an aromatic ring is 1. The van der Waals surface area contributed by atoms with Gasteiger partial charge < -0.3 is 16.2 Å². The molecule has 0 atom stereocenters. The molecule has 0 spiro atoms. The molecule has 0 unspecified atom stereocenters. The van der Waals surface area contributed by atoms with Gasteiger partial charge in [0.1, 0.15) is 5.82 Å². The molecule has 0 aromatic heterocycles. The fraction of sp³-hybridized carbons (Fsp3) is 0.500. The van der Waals surface area contributed by atoms with Crippen molar-refractivity contribution in [1.29, 1.82) is 0 Å². The van der Waals surface area contributed by atoms with Crippen molar-refractivity contribution in [2.75, 3.05) is 24.2 Å². The average molecular weight is 228 g/mol. The number of nitrogens with one attached hydrogen (secondary N) is 1. The summed E-state index contributed by atoms with van der Waals surface area (Å²) in [6, 6.07) is 4.61. The normalized spacial score (nSPS) is 9.25. The van der Waals surface area contributed by atoms with Crippen molar-refractivity contribution >= 4 is 11.4 Å². The summed E-state index contributed by atoms with van der Waals surface area (Å²) in [4.78, 5) is 0. The van der Waals surface area contributed by atoms with E-state index in [4.69, 9.17) is 10.8 Å². The molecule has 4 heteroatoms. The van der Waals surface area contributed by atoms with Crippen molar-refractivity contribution in [3.8, 4) is 0 Å². The van der Waals surface area contributed by atoms with E-state index in [0.29, 0.717) is 18.7 Å². The average Bonchev–Trinajstić information content (AvgIpc) is 2.26. The highest BCUT2D eigenvalue weighted by atomic mass is 19.1. The summed E-state index contributed by atoms with van der Waals surface area (Å²) >= 11 is 0. The Morgan fingerprint density at radius 1 is 1.38 bits per heavy atom. The number of nitrogens with two attached hydrogens (primary N) is 1. The predicted molar refractivity (Wildman–Crippen MR) is 67.0 cm³/mol. The van der Waals surface area contributed by atoms with Crippen molar-refractivity contribution in [3.63, 3.8) is 0 Å². The van der Waals surface area contributed by atoms with E-state index in [0.717, 1.165) is 0 Å². The Balaban J connectivity index is 0.000000673. The SMILES string of the molecule is CCC.Nc1c(F)cccc1NCCCO. The molecule has 1 aromatic rings. The maximum atomic E-state index is 12.9. The van der Waals surface area contributed by atoms with E-state index < -0.39 is 5.82 Å². The van der Waals surface area contributed by atoms with E-state index in [1.54, 1.807) is 12.1 Å². The van der Waals surface area contributed by atoms with E-state index in [1.807, 2.05) is 0 Å². The third-order valence-electron chi connectivity index (χ3n) is 1.70. The van der Waals surface area contributed by atoms with E-state index in [2.05, 4.69) is 19.2 Å². The minimum atomic E-state index is -0.422. The lowest BCUT2D eigenvalue weighted by Crippen LogP contribution is -2.06. The quantitative estimate of drug-likeness (QED) is 0.548. The molecule has 0 aliphatic rings. The van der Waals surface area contributed by atoms with Crippen molar-refractivity contribution in [3.05, 3.63) is 24.0 Å². The molecule has 1 aromatic carbocycles. The summed E-state index contributed by atoms with van der Waals surface area (Å²) in [5, 5.41) is 11.5. The van der Waals surface area contributed by atoms with E-state index in [9.17, 15) is 4.39 Å². The molecule has 0 heterocycles. The van der Waals surface area contributed by atoms with Crippen LogP contribution < -0.4 is 11.1 Å². The lowest BCUT2D eigenvalue weighted by molar-refractivity contribution is 0.292. The molecule has 0 aliphatic carbocycles. The number of halogens is 1. The Morgan fingerprint density at radius 3 is 2.56 bits per heavy atom. The number of aliphatic hydroxyl groups is 1. The number of para-hydroxylation sites is 1. The van der Waals surface area contributed by atoms with Gasteiger partial charge >= 0.3 is 0 Å². The van der Waals surface area contributed by atoms with Gasteiger partial charge in [-0.05, 0) is 18.6 Å². The van der Waals surface area contributed by atoms with E-state index >= 15 is 0 Å². The Hall–Kier alpha value is -1.29. The first kappa shape index (κ1) is 14.7. The number of hydrogen-bond acceptors (Lipinski definition) is 3. The second-order valence-corrected chi connectivity index (χ2v) is 3.41. The van der Waals surface area contributed by atoms with Gasteiger partial charge in [0.2, 0.25) is 0 Å². The third-order valence-corrected chi connectivity index (χ3v) is 1.70. The summed E-state index contributed by atoms with van der Waals surface area (Å²) < 4.78 is 12.9. The van der Waals surface area contributed by atoms with Crippen LogP contribution in [0.1, 0.15) is 26.7 Å². The van der Waals surface area contributed by atoms with Gasteiger partial charge in [0.15, 0.2) is 0 Å². The van der Waals surface area contributed by atoms with Crippen molar-refractivity contribution in [1.82, 2.24) is 0 Å². The van der Waals surface area contributed by atoms with Gasteiger partial charge in [-0.2, -0.15) is 0 Å². The second-order valence-electron chi connectivity index (χ2n) is 3.41. The molecule has 0 bridgehead atoms. The topological polar surface area (TPSA) is 58.3 Å². The van der Waals surface area contributed by atoms with Crippen molar-refractivity contribution in [2.45, 2.75) is 26.7 Å². The van der Waals surface area contributed by atoms with Crippen LogP contribution in [-0.4, -0.2) is 18.3 Å². The van der Waals surface area contributed by atoms with Gasteiger partial charge in [-0.1, -0.05) is 26.3 Å². The second kappa shape index (κ2) is 8.97. The van der Waals surface area contributed by atoms with Crippen LogP contribution >= 0.6 is 0 Å². The van der Waals surface area contributed by atoms with Crippen LogP contribution in [-0.2, 0) is 0 Å². The largest absolute Gasteiger partial charge is 0.396 e. The molecule has 0 radical (unpaired) electrons. The summed E-state index contributed by atoms with van der Waals surface area (Å²) in [7, 11) is 0. The van der Waals surface area contributed by atoms with Gasteiger partial charge in [-0.25, -0.2) is 4.39 Å². The zero-order valence-corrected chi connectivity index (χ0v) is 9.96. The monoisotopic (exact) mass is 228 g/mol. The molecule has 1 rings (SSSR count). The number of hydrogen-bond donors (Lipinski definition) is 3. The highest BCUT2D eigenvalue weighted by Gasteiger charge is 2.02. The van der Waals surface area contributed by atoms with Crippen LogP contribution in [0.2, 0.25) is 0 Å². The number of aliphatic hydroxyl groups excluding tert-OH is 1. The first-order chi connectivity index (χ1) is 7.67. The van der Waals surface area contributed by atoms with Crippen molar-refractivity contribution < 1.29 is 9.50 Å². The zero-order valence-electron chi connectivity index (χ0n) is 9.96. The van der Waals surface area contributed by atoms with Crippen LogP contribution in [0.25, 0.3) is 0 Å². The highest BCUT2D eigenvalue weighted by molar-refractivity contribution is 5.66. The summed E-state index contributed by atoms with van der Waals surface area (Å²) in [6.07, 6.45) is 1.87. The van der Waals surface area contributed by atoms with Gasteiger partial charge in [-0.3, -0.25) is 0 Å². The first-order valence-corrected chi connectivity index (χ1v) is 5.56. The molecule has 0 aliphatic heterocycles. The van der Waals surface area contributed by atoms with Gasteiger partial charge in [0.05, 0.1) is 11.4 Å². The van der Waals surface area contributed by atoms with Crippen LogP contribution in [0, 0.1) is 5.82 Å². The molecule has 0 fully saturated rings. The molecule has 0 amide bonds. The fourth-order valence-corrected chi connectivity index (χ4v) is 0.993. The minimum absolute atomic E-state index is 0.113. The van der Waals surface area contributed by atoms with E-state index in [-0.39, 0.29) is 12.3 Å². The molecule has 0 saturated heterocycles. The molecular formula is C12H21FN2O. The lowest BCUT2D eigenvalue weighted by atomic mass is 10.2. The van der Waals surface area contributed by atoms with Gasteiger partial charge in [0, 0.05) is 13.2 Å². The molecule has 0 saturated carbocycles. The highest BCUT2D eigenvalue weighted by Crippen LogP contribution is 2.20. The minimum Gasteiger partial charge on any atom is -0.396 e. The third kappa shape index (κ3) is 5.56. The number of benzene rings is 1. The van der Waals surface area contributed by atoms with E-state index in [1.165, 1.54) is 12.5 Å². The molecule has 4 N–H and O–H groups in total. The summed E-state index contributed by atoms with van der Waals surface area (Å²) in [6.45, 7) is 4.95. The predicted octanol–water partition coefficient (Wildman–Crippen LogP) is 2.62. The van der Waals surface area contributed by atoms with Crippen LogP contribution in [0.4, 0.5) is 15.8 Å². The smallest absolute Gasteiger partial charge is 0.148 e. The van der Waals surface area contributed by atoms with Crippen LogP contribution in [0.3, 0.4) is 0 Å². The van der Waals surface area contributed by atoms with Crippen molar-refractivity contribution in [2.24, 2.45) is 0 Å². The Morgan fingerprint density at radius 2 is 2.00 bits per heavy atom. The Kier molecular flexibility index (Phi) is 8.25. The Labute approximate surface area is 96.5 Å². The van der Waals surface area contributed by atoms with Gasteiger partial charge in [-0.15, -0.1) is 0 Å².